The van der Waals surface area contributed by atoms with Crippen LogP contribution >= 0.6 is 0 Å². The van der Waals surface area contributed by atoms with E-state index < -0.39 is 0 Å². The summed E-state index contributed by atoms with van der Waals surface area (Å²) in [5.74, 6) is 0. The van der Waals surface area contributed by atoms with Crippen molar-refractivity contribution in [3.05, 3.63) is 0 Å². The fourth-order valence-electron chi connectivity index (χ4n) is 3.24. The molecule has 2 heteroatoms. The van der Waals surface area contributed by atoms with E-state index in [0.29, 0.717) is 5.54 Å². The lowest BCUT2D eigenvalue weighted by molar-refractivity contribution is 0.0752. The van der Waals surface area contributed by atoms with E-state index in [9.17, 15) is 0 Å². The van der Waals surface area contributed by atoms with E-state index in [1.165, 1.54) is 51.6 Å². The molecule has 0 aromatic rings. The molecule has 2 aliphatic rings. The number of rotatable bonds is 1. The zero-order valence-corrected chi connectivity index (χ0v) is 9.68. The molecule has 82 valence electrons. The Bertz CT molecular complexity index is 185. The highest BCUT2D eigenvalue weighted by molar-refractivity contribution is 4.98. The van der Waals surface area contributed by atoms with Gasteiger partial charge in [-0.05, 0) is 52.7 Å². The Morgan fingerprint density at radius 1 is 1.21 bits per heavy atom. The molecular weight excluding hydrogens is 172 g/mol. The van der Waals surface area contributed by atoms with E-state index >= 15 is 0 Å². The van der Waals surface area contributed by atoms with Gasteiger partial charge in [-0.1, -0.05) is 12.8 Å². The second kappa shape index (κ2) is 4.19. The van der Waals surface area contributed by atoms with Crippen molar-refractivity contribution in [2.24, 2.45) is 0 Å². The maximum Gasteiger partial charge on any atom is 0.0308 e. The quantitative estimate of drug-likeness (QED) is 0.690. The average molecular weight is 196 g/mol. The lowest BCUT2D eigenvalue weighted by Crippen LogP contribution is -2.61. The molecule has 0 spiro atoms. The maximum atomic E-state index is 3.75. The number of hydrogen-bond donors (Lipinski definition) is 1. The lowest BCUT2D eigenvalue weighted by atomic mass is 9.79. The normalized spacial score (nSPS) is 41.1. The highest BCUT2D eigenvalue weighted by atomic mass is 15.2. The summed E-state index contributed by atoms with van der Waals surface area (Å²) in [7, 11) is 2.30. The van der Waals surface area contributed by atoms with Crippen LogP contribution in [0.25, 0.3) is 0 Å². The van der Waals surface area contributed by atoms with Gasteiger partial charge >= 0.3 is 0 Å². The molecule has 2 unspecified atom stereocenters. The largest absolute Gasteiger partial charge is 0.310 e. The minimum atomic E-state index is 0.396. The van der Waals surface area contributed by atoms with Crippen molar-refractivity contribution in [3.8, 4) is 0 Å². The molecule has 2 nitrogen and oxygen atoms in total. The second-order valence-electron chi connectivity index (χ2n) is 5.29. The number of piperidine rings is 2. The Kier molecular flexibility index (Phi) is 3.13. The van der Waals surface area contributed by atoms with Crippen LogP contribution in [0, 0.1) is 0 Å². The Balaban J connectivity index is 2.02. The molecule has 0 aliphatic carbocycles. The van der Waals surface area contributed by atoms with E-state index in [4.69, 9.17) is 0 Å². The van der Waals surface area contributed by atoms with Gasteiger partial charge in [0.15, 0.2) is 0 Å². The van der Waals surface area contributed by atoms with Crippen molar-refractivity contribution in [2.75, 3.05) is 20.1 Å². The van der Waals surface area contributed by atoms with E-state index in [2.05, 4.69) is 24.2 Å². The van der Waals surface area contributed by atoms with Crippen LogP contribution in [0.3, 0.4) is 0 Å². The van der Waals surface area contributed by atoms with Crippen LogP contribution in [0.15, 0.2) is 0 Å². The van der Waals surface area contributed by atoms with Gasteiger partial charge in [0.05, 0.1) is 0 Å². The second-order valence-corrected chi connectivity index (χ2v) is 5.29. The van der Waals surface area contributed by atoms with Crippen LogP contribution in [0.2, 0.25) is 0 Å². The Labute approximate surface area is 88.1 Å². The Hall–Kier alpha value is -0.0800. The summed E-state index contributed by atoms with van der Waals surface area (Å²) in [6, 6.07) is 0.775. The van der Waals surface area contributed by atoms with Crippen molar-refractivity contribution in [1.82, 2.24) is 10.2 Å². The summed E-state index contributed by atoms with van der Waals surface area (Å²) in [6.45, 7) is 4.95. The summed E-state index contributed by atoms with van der Waals surface area (Å²) in [4.78, 5) is 2.57. The van der Waals surface area contributed by atoms with Crippen LogP contribution in [0.5, 0.6) is 0 Å². The van der Waals surface area contributed by atoms with Crippen molar-refractivity contribution in [1.29, 1.82) is 0 Å². The summed E-state index contributed by atoms with van der Waals surface area (Å²) in [6.07, 6.45) is 8.34. The first-order valence-corrected chi connectivity index (χ1v) is 6.18. The molecule has 0 bridgehead atoms. The molecule has 0 radical (unpaired) electrons. The zero-order chi connectivity index (χ0) is 10.0. The van der Waals surface area contributed by atoms with Crippen LogP contribution in [0.4, 0.5) is 0 Å². The van der Waals surface area contributed by atoms with Gasteiger partial charge in [0.2, 0.25) is 0 Å². The van der Waals surface area contributed by atoms with Crippen LogP contribution < -0.4 is 5.32 Å². The van der Waals surface area contributed by atoms with Crippen LogP contribution in [-0.2, 0) is 0 Å². The summed E-state index contributed by atoms with van der Waals surface area (Å²) in [5.41, 5.74) is 0.396. The van der Waals surface area contributed by atoms with Gasteiger partial charge in [0.25, 0.3) is 0 Å². The van der Waals surface area contributed by atoms with Gasteiger partial charge in [-0.15, -0.1) is 0 Å². The number of hydrogen-bond acceptors (Lipinski definition) is 2. The lowest BCUT2D eigenvalue weighted by Gasteiger charge is -2.48. The fourth-order valence-corrected chi connectivity index (χ4v) is 3.24. The molecule has 0 amide bonds. The third kappa shape index (κ3) is 1.96. The van der Waals surface area contributed by atoms with Crippen molar-refractivity contribution in [2.45, 2.75) is 57.0 Å². The third-order valence-electron chi connectivity index (χ3n) is 4.16. The van der Waals surface area contributed by atoms with Crippen molar-refractivity contribution in [3.63, 3.8) is 0 Å². The summed E-state index contributed by atoms with van der Waals surface area (Å²) >= 11 is 0. The number of likely N-dealkylation sites (tertiary alicyclic amines) is 1. The number of likely N-dealkylation sites (N-methyl/N-ethyl adjacent to an activating group) is 1. The molecule has 2 heterocycles. The molecule has 0 saturated carbocycles. The molecule has 1 N–H and O–H groups in total. The molecular formula is C12H24N2. The zero-order valence-electron chi connectivity index (χ0n) is 9.68. The van der Waals surface area contributed by atoms with Gasteiger partial charge in [0.1, 0.15) is 0 Å². The van der Waals surface area contributed by atoms with Gasteiger partial charge in [-0.2, -0.15) is 0 Å². The molecule has 2 rings (SSSR count). The Morgan fingerprint density at radius 2 is 2.07 bits per heavy atom. The van der Waals surface area contributed by atoms with Crippen LogP contribution in [0.1, 0.15) is 45.4 Å². The number of nitrogens with zero attached hydrogens (tertiary/aromatic N) is 1. The van der Waals surface area contributed by atoms with Gasteiger partial charge in [-0.25, -0.2) is 0 Å². The summed E-state index contributed by atoms with van der Waals surface area (Å²) in [5, 5.41) is 3.75. The average Bonchev–Trinajstić information content (AvgIpc) is 2.19. The smallest absolute Gasteiger partial charge is 0.0308 e. The monoisotopic (exact) mass is 196 g/mol. The predicted octanol–water partition coefficient (Wildman–Crippen LogP) is 2.00. The SMILES string of the molecule is CN1CCCCC1C1(C)CCCCN1. The van der Waals surface area contributed by atoms with Gasteiger partial charge in [0, 0.05) is 11.6 Å². The van der Waals surface area contributed by atoms with Gasteiger partial charge in [-0.3, -0.25) is 0 Å². The Morgan fingerprint density at radius 3 is 2.71 bits per heavy atom. The van der Waals surface area contributed by atoms with E-state index in [1.54, 1.807) is 0 Å². The highest BCUT2D eigenvalue weighted by Gasteiger charge is 2.38. The summed E-state index contributed by atoms with van der Waals surface area (Å²) < 4.78 is 0. The molecule has 14 heavy (non-hydrogen) atoms. The predicted molar refractivity (Wildman–Crippen MR) is 60.5 cm³/mol. The van der Waals surface area contributed by atoms with Crippen LogP contribution in [-0.4, -0.2) is 36.6 Å². The van der Waals surface area contributed by atoms with Crippen molar-refractivity contribution < 1.29 is 0 Å². The van der Waals surface area contributed by atoms with E-state index in [-0.39, 0.29) is 0 Å². The van der Waals surface area contributed by atoms with E-state index in [1.807, 2.05) is 0 Å². The first-order valence-electron chi connectivity index (χ1n) is 6.18. The van der Waals surface area contributed by atoms with Gasteiger partial charge < -0.3 is 10.2 Å². The third-order valence-corrected chi connectivity index (χ3v) is 4.16. The van der Waals surface area contributed by atoms with Crippen molar-refractivity contribution >= 4 is 0 Å². The first kappa shape index (κ1) is 10.4. The minimum Gasteiger partial charge on any atom is -0.310 e. The molecule has 2 atom stereocenters. The fraction of sp³-hybridized carbons (Fsp3) is 1.00. The topological polar surface area (TPSA) is 15.3 Å². The molecule has 2 aliphatic heterocycles. The maximum absolute atomic E-state index is 3.75. The number of nitrogens with one attached hydrogen (secondary N) is 1. The minimum absolute atomic E-state index is 0.396. The first-order chi connectivity index (χ1) is 6.72. The highest BCUT2D eigenvalue weighted by Crippen LogP contribution is 2.30. The molecule has 0 aromatic carbocycles. The van der Waals surface area contributed by atoms with E-state index in [0.717, 1.165) is 6.04 Å². The molecule has 2 fully saturated rings. The molecule has 0 aromatic heterocycles. The molecule has 2 saturated heterocycles. The standard InChI is InChI=1S/C12H24N2/c1-12(8-4-5-9-13-12)11-7-3-6-10-14(11)2/h11,13H,3-10H2,1-2H3.